The SMILES string of the molecule is CCCCCCCC[C@H]1CCC(OC(=O)OCCO)[C@@H]1CCCCC=CC(=O)OC. The largest absolute Gasteiger partial charge is 0.508 e. The zero-order valence-corrected chi connectivity index (χ0v) is 19.0. The molecule has 0 spiro atoms. The minimum Gasteiger partial charge on any atom is -0.466 e. The third kappa shape index (κ3) is 11.6. The quantitative estimate of drug-likeness (QED) is 0.197. The maximum Gasteiger partial charge on any atom is 0.508 e. The van der Waals surface area contributed by atoms with E-state index >= 15 is 0 Å². The number of hydrogen-bond donors (Lipinski definition) is 1. The zero-order valence-electron chi connectivity index (χ0n) is 19.0. The van der Waals surface area contributed by atoms with Gasteiger partial charge in [-0.25, -0.2) is 9.59 Å². The van der Waals surface area contributed by atoms with E-state index in [0.717, 1.165) is 38.5 Å². The number of carbonyl (C=O) groups excluding carboxylic acids is 2. The number of ether oxygens (including phenoxy) is 3. The summed E-state index contributed by atoms with van der Waals surface area (Å²) in [7, 11) is 1.38. The number of esters is 1. The molecule has 0 aromatic heterocycles. The van der Waals surface area contributed by atoms with Crippen molar-refractivity contribution in [3.8, 4) is 0 Å². The van der Waals surface area contributed by atoms with Crippen LogP contribution in [0, 0.1) is 11.8 Å². The van der Waals surface area contributed by atoms with E-state index in [-0.39, 0.29) is 25.3 Å². The molecule has 6 nitrogen and oxygen atoms in total. The Labute approximate surface area is 182 Å². The van der Waals surface area contributed by atoms with E-state index in [1.54, 1.807) is 0 Å². The fraction of sp³-hybridized carbons (Fsp3) is 0.833. The van der Waals surface area contributed by atoms with Crippen LogP contribution in [0.15, 0.2) is 12.2 Å². The summed E-state index contributed by atoms with van der Waals surface area (Å²) in [6.45, 7) is 2.02. The number of hydrogen-bond acceptors (Lipinski definition) is 6. The second kappa shape index (κ2) is 17.2. The molecule has 1 unspecified atom stereocenters. The summed E-state index contributed by atoms with van der Waals surface area (Å²) in [5, 5.41) is 8.81. The molecular formula is C24H42O6. The number of aliphatic hydroxyl groups excluding tert-OH is 1. The Morgan fingerprint density at radius 3 is 2.47 bits per heavy atom. The van der Waals surface area contributed by atoms with Gasteiger partial charge in [0, 0.05) is 6.08 Å². The highest BCUT2D eigenvalue weighted by molar-refractivity contribution is 5.81. The van der Waals surface area contributed by atoms with E-state index in [1.807, 2.05) is 6.08 Å². The predicted molar refractivity (Wildman–Crippen MR) is 117 cm³/mol. The average Bonchev–Trinajstić information content (AvgIpc) is 3.12. The van der Waals surface area contributed by atoms with Crippen molar-refractivity contribution in [3.63, 3.8) is 0 Å². The van der Waals surface area contributed by atoms with Crippen molar-refractivity contribution in [1.29, 1.82) is 0 Å². The molecule has 0 radical (unpaired) electrons. The van der Waals surface area contributed by atoms with Crippen LogP contribution in [0.3, 0.4) is 0 Å². The van der Waals surface area contributed by atoms with Gasteiger partial charge in [-0.2, -0.15) is 0 Å². The van der Waals surface area contributed by atoms with Gasteiger partial charge in [0.25, 0.3) is 0 Å². The Hall–Kier alpha value is -1.56. The number of rotatable bonds is 16. The summed E-state index contributed by atoms with van der Waals surface area (Å²) in [5.41, 5.74) is 0. The van der Waals surface area contributed by atoms with Crippen LogP contribution in [0.4, 0.5) is 4.79 Å². The molecule has 1 aliphatic carbocycles. The van der Waals surface area contributed by atoms with E-state index in [2.05, 4.69) is 11.7 Å². The van der Waals surface area contributed by atoms with Gasteiger partial charge in [-0.3, -0.25) is 0 Å². The molecule has 174 valence electrons. The third-order valence-corrected chi connectivity index (χ3v) is 6.01. The fourth-order valence-corrected chi connectivity index (χ4v) is 4.40. The van der Waals surface area contributed by atoms with Gasteiger partial charge < -0.3 is 19.3 Å². The van der Waals surface area contributed by atoms with Gasteiger partial charge in [0.2, 0.25) is 0 Å². The van der Waals surface area contributed by atoms with Crippen LogP contribution >= 0.6 is 0 Å². The summed E-state index contributed by atoms with van der Waals surface area (Å²) in [5.74, 6) is 0.643. The molecule has 0 heterocycles. The smallest absolute Gasteiger partial charge is 0.466 e. The highest BCUT2D eigenvalue weighted by Gasteiger charge is 2.37. The standard InChI is InChI=1S/C24H42O6/c1-3-4-5-6-7-10-13-20-16-17-22(30-24(27)29-19-18-25)21(20)14-11-8-9-12-15-23(26)28-2/h12,15,20-22,25H,3-11,13-14,16-19H2,1-2H3/t20-,21+,22?/m0/s1. The maximum absolute atomic E-state index is 11.9. The van der Waals surface area contributed by atoms with Crippen LogP contribution in [0.5, 0.6) is 0 Å². The predicted octanol–water partition coefficient (Wildman–Crippen LogP) is 5.57. The molecule has 6 heteroatoms. The molecule has 0 saturated heterocycles. The van der Waals surface area contributed by atoms with Crippen molar-refractivity contribution < 1.29 is 28.9 Å². The molecule has 1 fully saturated rings. The lowest BCUT2D eigenvalue weighted by Gasteiger charge is -2.25. The van der Waals surface area contributed by atoms with Crippen molar-refractivity contribution in [2.75, 3.05) is 20.3 Å². The van der Waals surface area contributed by atoms with Crippen molar-refractivity contribution in [2.45, 2.75) is 96.5 Å². The molecule has 0 aliphatic heterocycles. The average molecular weight is 427 g/mol. The lowest BCUT2D eigenvalue weighted by molar-refractivity contribution is -0.134. The maximum atomic E-state index is 11.9. The van der Waals surface area contributed by atoms with Crippen molar-refractivity contribution >= 4 is 12.1 Å². The molecule has 30 heavy (non-hydrogen) atoms. The van der Waals surface area contributed by atoms with E-state index in [0.29, 0.717) is 11.8 Å². The van der Waals surface area contributed by atoms with Crippen LogP contribution in [-0.2, 0) is 19.0 Å². The van der Waals surface area contributed by atoms with Gasteiger partial charge in [-0.1, -0.05) is 64.4 Å². The van der Waals surface area contributed by atoms with Crippen LogP contribution in [0.25, 0.3) is 0 Å². The number of carbonyl (C=O) groups is 2. The zero-order chi connectivity index (χ0) is 22.0. The van der Waals surface area contributed by atoms with Crippen LogP contribution in [0.2, 0.25) is 0 Å². The summed E-state index contributed by atoms with van der Waals surface area (Å²) in [4.78, 5) is 23.0. The molecule has 1 saturated carbocycles. The molecule has 3 atom stereocenters. The highest BCUT2D eigenvalue weighted by Crippen LogP contribution is 2.40. The second-order valence-electron chi connectivity index (χ2n) is 8.25. The first kappa shape index (κ1) is 26.5. The molecule has 0 aromatic carbocycles. The number of methoxy groups -OCH3 is 1. The van der Waals surface area contributed by atoms with Gasteiger partial charge in [0.15, 0.2) is 0 Å². The van der Waals surface area contributed by atoms with Gasteiger partial charge in [0.1, 0.15) is 12.7 Å². The van der Waals surface area contributed by atoms with E-state index in [1.165, 1.54) is 58.1 Å². The Balaban J connectivity index is 2.45. The topological polar surface area (TPSA) is 82.1 Å². The molecule has 1 N–H and O–H groups in total. The van der Waals surface area contributed by atoms with Crippen LogP contribution in [0.1, 0.15) is 90.4 Å². The first-order chi connectivity index (χ1) is 14.6. The van der Waals surface area contributed by atoms with Crippen LogP contribution < -0.4 is 0 Å². The molecule has 0 aromatic rings. The monoisotopic (exact) mass is 426 g/mol. The van der Waals surface area contributed by atoms with Gasteiger partial charge >= 0.3 is 12.1 Å². The number of unbranched alkanes of at least 4 members (excludes halogenated alkanes) is 7. The highest BCUT2D eigenvalue weighted by atomic mass is 16.7. The lowest BCUT2D eigenvalue weighted by Crippen LogP contribution is -2.26. The summed E-state index contributed by atoms with van der Waals surface area (Å²) < 4.78 is 15.1. The fourth-order valence-electron chi connectivity index (χ4n) is 4.40. The molecule has 1 aliphatic rings. The summed E-state index contributed by atoms with van der Waals surface area (Å²) in [6.07, 6.45) is 17.4. The minimum atomic E-state index is -0.666. The molecular weight excluding hydrogens is 384 g/mol. The number of aliphatic hydroxyl groups is 1. The molecule has 0 bridgehead atoms. The van der Waals surface area contributed by atoms with Gasteiger partial charge in [-0.15, -0.1) is 0 Å². The van der Waals surface area contributed by atoms with Crippen LogP contribution in [-0.4, -0.2) is 43.7 Å². The second-order valence-corrected chi connectivity index (χ2v) is 8.25. The van der Waals surface area contributed by atoms with Gasteiger partial charge in [0.05, 0.1) is 13.7 Å². The Morgan fingerprint density at radius 1 is 1.00 bits per heavy atom. The molecule has 1 rings (SSSR count). The normalized spacial score (nSPS) is 21.1. The van der Waals surface area contributed by atoms with Gasteiger partial charge in [-0.05, 0) is 43.9 Å². The Morgan fingerprint density at radius 2 is 1.73 bits per heavy atom. The molecule has 0 amide bonds. The number of allylic oxidation sites excluding steroid dienone is 1. The van der Waals surface area contributed by atoms with E-state index < -0.39 is 6.16 Å². The minimum absolute atomic E-state index is 0.0239. The van der Waals surface area contributed by atoms with E-state index in [9.17, 15) is 9.59 Å². The van der Waals surface area contributed by atoms with Crippen molar-refractivity contribution in [1.82, 2.24) is 0 Å². The third-order valence-electron chi connectivity index (χ3n) is 6.01. The first-order valence-electron chi connectivity index (χ1n) is 11.8. The van der Waals surface area contributed by atoms with E-state index in [4.69, 9.17) is 14.6 Å². The summed E-state index contributed by atoms with van der Waals surface area (Å²) in [6, 6.07) is 0. The Kier molecular flexibility index (Phi) is 15.1. The summed E-state index contributed by atoms with van der Waals surface area (Å²) >= 11 is 0. The van der Waals surface area contributed by atoms with Crippen molar-refractivity contribution in [2.24, 2.45) is 11.8 Å². The van der Waals surface area contributed by atoms with Crippen molar-refractivity contribution in [3.05, 3.63) is 12.2 Å². The first-order valence-corrected chi connectivity index (χ1v) is 11.8. The Bertz CT molecular complexity index is 490. The lowest BCUT2D eigenvalue weighted by atomic mass is 9.85.